The Morgan fingerprint density at radius 1 is 1.21 bits per heavy atom. The first-order valence-electron chi connectivity index (χ1n) is 8.27. The van der Waals surface area contributed by atoms with Crippen molar-refractivity contribution in [2.45, 2.75) is 39.0 Å². The lowest BCUT2D eigenvalue weighted by Gasteiger charge is -2.05. The molecule has 1 N–H and O–H groups in total. The predicted octanol–water partition coefficient (Wildman–Crippen LogP) is 3.47. The van der Waals surface area contributed by atoms with Gasteiger partial charge in [-0.1, -0.05) is 26.2 Å². The number of aromatic nitrogens is 3. The first-order valence-corrected chi connectivity index (χ1v) is 9.09. The molecular formula is C18H21N3O2S. The minimum absolute atomic E-state index is 0.00495. The second kappa shape index (κ2) is 7.13. The number of aromatic amines is 1. The highest BCUT2D eigenvalue weighted by molar-refractivity contribution is 7.19. The van der Waals surface area contributed by atoms with Crippen molar-refractivity contribution in [3.63, 3.8) is 0 Å². The number of pyridine rings is 1. The Kier molecular flexibility index (Phi) is 4.94. The molecular weight excluding hydrogens is 322 g/mol. The van der Waals surface area contributed by atoms with Gasteiger partial charge in [0.05, 0.1) is 22.1 Å². The van der Waals surface area contributed by atoms with Gasteiger partial charge in [-0.15, -0.1) is 11.3 Å². The number of fused-ring (bicyclic) bond motifs is 1. The van der Waals surface area contributed by atoms with E-state index in [-0.39, 0.29) is 11.1 Å². The monoisotopic (exact) mass is 343 g/mol. The van der Waals surface area contributed by atoms with E-state index < -0.39 is 0 Å². The quantitative estimate of drug-likeness (QED) is 0.697. The number of nitrogens with one attached hydrogen (secondary N) is 1. The molecule has 0 saturated carbocycles. The lowest BCUT2D eigenvalue weighted by atomic mass is 10.1. The molecule has 0 unspecified atom stereocenters. The van der Waals surface area contributed by atoms with Gasteiger partial charge in [0.2, 0.25) is 0 Å². The lowest BCUT2D eigenvalue weighted by molar-refractivity contribution is 0.670. The number of rotatable bonds is 6. The average molecular weight is 343 g/mol. The fraction of sp³-hybridized carbons (Fsp3) is 0.389. The van der Waals surface area contributed by atoms with E-state index in [2.05, 4.69) is 16.9 Å². The Morgan fingerprint density at radius 3 is 2.79 bits per heavy atom. The van der Waals surface area contributed by atoms with Gasteiger partial charge in [0, 0.05) is 29.8 Å². The molecule has 24 heavy (non-hydrogen) atoms. The lowest BCUT2D eigenvalue weighted by Crippen LogP contribution is -2.16. The van der Waals surface area contributed by atoms with Crippen molar-refractivity contribution in [2.24, 2.45) is 7.05 Å². The molecule has 0 spiro atoms. The number of unbranched alkanes of at least 4 members (excludes halogenated alkanes) is 3. The molecule has 126 valence electrons. The van der Waals surface area contributed by atoms with Crippen LogP contribution in [-0.4, -0.2) is 14.5 Å². The van der Waals surface area contributed by atoms with E-state index >= 15 is 0 Å². The van der Waals surface area contributed by atoms with Crippen molar-refractivity contribution >= 4 is 21.4 Å². The molecule has 6 heteroatoms. The van der Waals surface area contributed by atoms with Gasteiger partial charge in [-0.05, 0) is 18.9 Å². The van der Waals surface area contributed by atoms with E-state index in [1.165, 1.54) is 36.5 Å². The van der Waals surface area contributed by atoms with E-state index in [0.717, 1.165) is 23.1 Å². The third kappa shape index (κ3) is 3.33. The molecule has 5 nitrogen and oxygen atoms in total. The molecule has 0 aliphatic rings. The fourth-order valence-electron chi connectivity index (χ4n) is 2.85. The highest BCUT2D eigenvalue weighted by atomic mass is 32.1. The highest BCUT2D eigenvalue weighted by Crippen LogP contribution is 2.32. The van der Waals surface area contributed by atoms with E-state index in [1.807, 2.05) is 6.07 Å². The maximum atomic E-state index is 12.4. The Hall–Kier alpha value is -2.21. The maximum absolute atomic E-state index is 12.4. The van der Waals surface area contributed by atoms with Gasteiger partial charge in [0.25, 0.3) is 11.1 Å². The van der Waals surface area contributed by atoms with Gasteiger partial charge in [-0.3, -0.25) is 9.59 Å². The summed E-state index contributed by atoms with van der Waals surface area (Å²) in [6, 6.07) is 3.48. The second-order valence-electron chi connectivity index (χ2n) is 6.02. The SMILES string of the molecule is CCCCCCc1cc2c(=O)n(C)cc(-c3cc(=O)[nH]cn3)c2s1. The number of nitrogens with zero attached hydrogens (tertiary/aromatic N) is 2. The third-order valence-corrected chi connectivity index (χ3v) is 5.36. The molecule has 0 amide bonds. The van der Waals surface area contributed by atoms with Crippen molar-refractivity contribution in [3.8, 4) is 11.3 Å². The highest BCUT2D eigenvalue weighted by Gasteiger charge is 2.14. The Labute approximate surface area is 144 Å². The largest absolute Gasteiger partial charge is 0.317 e. The van der Waals surface area contributed by atoms with Crippen molar-refractivity contribution in [3.05, 3.63) is 50.2 Å². The zero-order chi connectivity index (χ0) is 17.1. The van der Waals surface area contributed by atoms with Gasteiger partial charge >= 0.3 is 0 Å². The molecule has 0 aromatic carbocycles. The minimum atomic E-state index is -0.196. The smallest absolute Gasteiger partial charge is 0.259 e. The van der Waals surface area contributed by atoms with Crippen LogP contribution in [0.4, 0.5) is 0 Å². The Morgan fingerprint density at radius 2 is 2.04 bits per heavy atom. The van der Waals surface area contributed by atoms with Crippen molar-refractivity contribution in [2.75, 3.05) is 0 Å². The van der Waals surface area contributed by atoms with Crippen LogP contribution in [0.15, 0.2) is 34.2 Å². The molecule has 3 heterocycles. The summed E-state index contributed by atoms with van der Waals surface area (Å²) in [6.07, 6.45) is 8.97. The van der Waals surface area contributed by atoms with Crippen molar-refractivity contribution < 1.29 is 0 Å². The molecule has 0 aliphatic heterocycles. The van der Waals surface area contributed by atoms with Crippen molar-refractivity contribution in [1.29, 1.82) is 0 Å². The standard InChI is InChI=1S/C18H21N3O2S/c1-3-4-5-6-7-12-8-13-17(24-12)14(10-21(2)18(13)23)15-9-16(22)20-11-19-15/h8-11H,3-7H2,1-2H3,(H,19,20,22). The van der Waals surface area contributed by atoms with Crippen LogP contribution in [0.5, 0.6) is 0 Å². The Bertz CT molecular complexity index is 968. The Balaban J connectivity index is 2.06. The summed E-state index contributed by atoms with van der Waals surface area (Å²) in [5.74, 6) is 0. The molecule has 3 aromatic rings. The van der Waals surface area contributed by atoms with Crippen LogP contribution in [0.2, 0.25) is 0 Å². The summed E-state index contributed by atoms with van der Waals surface area (Å²) >= 11 is 1.64. The topological polar surface area (TPSA) is 67.8 Å². The minimum Gasteiger partial charge on any atom is -0.317 e. The number of hydrogen-bond donors (Lipinski definition) is 1. The zero-order valence-corrected chi connectivity index (χ0v) is 14.8. The molecule has 0 bridgehead atoms. The van der Waals surface area contributed by atoms with Crippen LogP contribution in [-0.2, 0) is 13.5 Å². The number of aryl methyl sites for hydroxylation is 2. The first-order chi connectivity index (χ1) is 11.6. The normalized spacial score (nSPS) is 11.2. The van der Waals surface area contributed by atoms with E-state index in [4.69, 9.17) is 0 Å². The summed E-state index contributed by atoms with van der Waals surface area (Å²) in [4.78, 5) is 32.1. The van der Waals surface area contributed by atoms with Crippen LogP contribution < -0.4 is 11.1 Å². The second-order valence-corrected chi connectivity index (χ2v) is 7.16. The van der Waals surface area contributed by atoms with Crippen molar-refractivity contribution in [1.82, 2.24) is 14.5 Å². The molecule has 0 aliphatic carbocycles. The molecule has 0 fully saturated rings. The summed E-state index contributed by atoms with van der Waals surface area (Å²) in [5.41, 5.74) is 1.23. The summed E-state index contributed by atoms with van der Waals surface area (Å²) in [7, 11) is 1.73. The number of hydrogen-bond acceptors (Lipinski definition) is 4. The van der Waals surface area contributed by atoms with Gasteiger partial charge in [0.15, 0.2) is 0 Å². The molecule has 3 rings (SSSR count). The maximum Gasteiger partial charge on any atom is 0.259 e. The molecule has 3 aromatic heterocycles. The summed E-state index contributed by atoms with van der Waals surface area (Å²) in [5, 5.41) is 0.715. The average Bonchev–Trinajstić information content (AvgIpc) is 2.99. The van der Waals surface area contributed by atoms with E-state index in [0.29, 0.717) is 11.1 Å². The van der Waals surface area contributed by atoms with Gasteiger partial charge in [0.1, 0.15) is 0 Å². The van der Waals surface area contributed by atoms with Crippen LogP contribution >= 0.6 is 11.3 Å². The number of thiophene rings is 1. The summed E-state index contributed by atoms with van der Waals surface area (Å²) < 4.78 is 2.48. The fourth-order valence-corrected chi connectivity index (χ4v) is 4.06. The number of H-pyrrole nitrogens is 1. The van der Waals surface area contributed by atoms with Crippen LogP contribution in [0.1, 0.15) is 37.5 Å². The third-order valence-electron chi connectivity index (χ3n) is 4.13. The first kappa shape index (κ1) is 16.6. The molecule has 0 radical (unpaired) electrons. The predicted molar refractivity (Wildman–Crippen MR) is 98.8 cm³/mol. The zero-order valence-electron chi connectivity index (χ0n) is 14.0. The van der Waals surface area contributed by atoms with Gasteiger partial charge in [-0.2, -0.15) is 0 Å². The van der Waals surface area contributed by atoms with Gasteiger partial charge in [-0.25, -0.2) is 4.98 Å². The van der Waals surface area contributed by atoms with E-state index in [1.54, 1.807) is 29.1 Å². The molecule has 0 saturated heterocycles. The van der Waals surface area contributed by atoms with Crippen LogP contribution in [0, 0.1) is 0 Å². The van der Waals surface area contributed by atoms with E-state index in [9.17, 15) is 9.59 Å². The van der Waals surface area contributed by atoms with Crippen LogP contribution in [0.3, 0.4) is 0 Å². The van der Waals surface area contributed by atoms with Gasteiger partial charge < -0.3 is 9.55 Å². The molecule has 0 atom stereocenters. The van der Waals surface area contributed by atoms with Crippen LogP contribution in [0.25, 0.3) is 21.3 Å². The summed E-state index contributed by atoms with van der Waals surface area (Å²) in [6.45, 7) is 2.20.